The lowest BCUT2D eigenvalue weighted by Gasteiger charge is -2.39. The van der Waals surface area contributed by atoms with Crippen LogP contribution in [-0.4, -0.2) is 40.7 Å². The minimum absolute atomic E-state index is 0.180. The molecule has 2 aromatic carbocycles. The maximum atomic E-state index is 15.2. The van der Waals surface area contributed by atoms with E-state index in [9.17, 15) is 37.2 Å². The van der Waals surface area contributed by atoms with Crippen molar-refractivity contribution in [2.24, 2.45) is 0 Å². The molecule has 1 saturated heterocycles. The summed E-state index contributed by atoms with van der Waals surface area (Å²) in [5, 5.41) is 11.8. The van der Waals surface area contributed by atoms with Gasteiger partial charge in [-0.05, 0) is 42.7 Å². The molecule has 0 bridgehead atoms. The average molecular weight is 598 g/mol. The summed E-state index contributed by atoms with van der Waals surface area (Å²) in [6, 6.07) is 7.19. The number of anilines is 2. The summed E-state index contributed by atoms with van der Waals surface area (Å²) in [5.74, 6) is -9.51. The molecule has 3 amide bonds. The van der Waals surface area contributed by atoms with Crippen molar-refractivity contribution in [1.82, 2.24) is 10.3 Å². The third-order valence-corrected chi connectivity index (χ3v) is 7.51. The lowest BCUT2D eigenvalue weighted by atomic mass is 9.87. The van der Waals surface area contributed by atoms with Gasteiger partial charge in [0, 0.05) is 37.6 Å². The number of nitriles is 1. The zero-order valence-corrected chi connectivity index (χ0v) is 22.7. The largest absolute Gasteiger partial charge is 0.351 e. The first-order valence-corrected chi connectivity index (χ1v) is 13.3. The van der Waals surface area contributed by atoms with E-state index in [-0.39, 0.29) is 18.4 Å². The smallest absolute Gasteiger partial charge is 0.252 e. The van der Waals surface area contributed by atoms with Gasteiger partial charge in [0.05, 0.1) is 11.3 Å². The van der Waals surface area contributed by atoms with Crippen molar-refractivity contribution >= 4 is 29.2 Å². The number of hydrogen-bond acceptors (Lipinski definition) is 5. The van der Waals surface area contributed by atoms with Gasteiger partial charge in [-0.2, -0.15) is 5.26 Å². The molecule has 0 radical (unpaired) electrons. The Morgan fingerprint density at radius 1 is 1.12 bits per heavy atom. The second-order valence-corrected chi connectivity index (χ2v) is 10.5. The number of carbonyl (C=O) groups excluding carboxylic acids is 3. The normalized spacial score (nSPS) is 18.5. The van der Waals surface area contributed by atoms with Crippen molar-refractivity contribution in [3.8, 4) is 6.07 Å². The number of aromatic nitrogens is 1. The molecule has 2 atom stereocenters. The number of benzene rings is 2. The molecule has 2 unspecified atom stereocenters. The number of hydrogen-bond donors (Lipinski definition) is 1. The Balaban J connectivity index is 1.65. The van der Waals surface area contributed by atoms with Gasteiger partial charge in [0.15, 0.2) is 11.6 Å². The lowest BCUT2D eigenvalue weighted by molar-refractivity contribution is -0.133. The fraction of sp³-hybridized carbons (Fsp3) is 0.300. The number of nitrogens with one attached hydrogen (secondary N) is 1. The van der Waals surface area contributed by atoms with Crippen LogP contribution in [-0.2, 0) is 14.4 Å². The van der Waals surface area contributed by atoms with Crippen LogP contribution in [0.4, 0.5) is 33.5 Å². The maximum absolute atomic E-state index is 15.2. The summed E-state index contributed by atoms with van der Waals surface area (Å²) in [4.78, 5) is 46.7. The average Bonchev–Trinajstić information content (AvgIpc) is 3.31. The molecule has 5 rings (SSSR count). The standard InChI is InChI=1S/C30H24F5N5O3/c1-16-4-2-3-5-22(16)26(28(42)38-20-13-30(34,35)14-20)39(21-11-18(31)10-19(32)12-21)29(43)23-6-7-24(41)40(23)27-25(33)17(15-36)8-9-37-27/h2-5,8-12,20,23,26H,6-7,13-14H2,1H3,(H,38,42). The highest BCUT2D eigenvalue weighted by Gasteiger charge is 2.49. The molecule has 222 valence electrons. The Morgan fingerprint density at radius 2 is 1.79 bits per heavy atom. The lowest BCUT2D eigenvalue weighted by Crippen LogP contribution is -2.56. The van der Waals surface area contributed by atoms with E-state index < -0.39 is 89.1 Å². The van der Waals surface area contributed by atoms with Crippen LogP contribution in [0.5, 0.6) is 0 Å². The van der Waals surface area contributed by atoms with E-state index in [4.69, 9.17) is 0 Å². The molecule has 1 N–H and O–H groups in total. The molecular formula is C30H24F5N5O3. The van der Waals surface area contributed by atoms with Crippen LogP contribution in [0.1, 0.15) is 48.4 Å². The van der Waals surface area contributed by atoms with Crippen molar-refractivity contribution in [3.63, 3.8) is 0 Å². The van der Waals surface area contributed by atoms with E-state index in [0.29, 0.717) is 11.6 Å². The van der Waals surface area contributed by atoms with Crippen molar-refractivity contribution in [3.05, 3.63) is 88.9 Å². The zero-order valence-electron chi connectivity index (χ0n) is 22.7. The predicted molar refractivity (Wildman–Crippen MR) is 143 cm³/mol. The Kier molecular flexibility index (Phi) is 7.88. The van der Waals surface area contributed by atoms with Crippen molar-refractivity contribution < 1.29 is 36.3 Å². The highest BCUT2D eigenvalue weighted by atomic mass is 19.3. The van der Waals surface area contributed by atoms with Gasteiger partial charge in [-0.25, -0.2) is 26.9 Å². The molecule has 2 aliphatic rings. The minimum Gasteiger partial charge on any atom is -0.351 e. The number of halogens is 5. The molecule has 1 aliphatic heterocycles. The molecule has 3 aromatic rings. The molecule has 13 heteroatoms. The summed E-state index contributed by atoms with van der Waals surface area (Å²) < 4.78 is 71.5. The highest BCUT2D eigenvalue weighted by Crippen LogP contribution is 2.39. The fourth-order valence-corrected chi connectivity index (χ4v) is 5.45. The number of nitrogens with zero attached hydrogens (tertiary/aromatic N) is 4. The number of rotatable bonds is 7. The molecule has 2 fully saturated rings. The minimum atomic E-state index is -2.98. The van der Waals surface area contributed by atoms with Crippen LogP contribution in [0.3, 0.4) is 0 Å². The van der Waals surface area contributed by atoms with Gasteiger partial charge in [0.2, 0.25) is 11.8 Å². The summed E-state index contributed by atoms with van der Waals surface area (Å²) in [7, 11) is 0. The first kappa shape index (κ1) is 29.6. The van der Waals surface area contributed by atoms with Gasteiger partial charge in [0.1, 0.15) is 29.8 Å². The van der Waals surface area contributed by atoms with Crippen LogP contribution >= 0.6 is 0 Å². The van der Waals surface area contributed by atoms with E-state index in [1.807, 2.05) is 0 Å². The Morgan fingerprint density at radius 3 is 2.42 bits per heavy atom. The van der Waals surface area contributed by atoms with Gasteiger partial charge in [-0.15, -0.1) is 0 Å². The first-order valence-electron chi connectivity index (χ1n) is 13.3. The maximum Gasteiger partial charge on any atom is 0.252 e. The molecule has 0 spiro atoms. The van der Waals surface area contributed by atoms with Gasteiger partial charge < -0.3 is 5.32 Å². The topological polar surface area (TPSA) is 106 Å². The monoisotopic (exact) mass is 597 g/mol. The second kappa shape index (κ2) is 11.4. The van der Waals surface area contributed by atoms with Gasteiger partial charge in [0.25, 0.3) is 11.8 Å². The highest BCUT2D eigenvalue weighted by molar-refractivity contribution is 6.10. The SMILES string of the molecule is Cc1ccccc1C(C(=O)NC1CC(F)(F)C1)N(C(=O)C1CCC(=O)N1c1nccc(C#N)c1F)c1cc(F)cc(F)c1. The molecule has 2 heterocycles. The molecule has 8 nitrogen and oxygen atoms in total. The summed E-state index contributed by atoms with van der Waals surface area (Å²) in [5.41, 5.74) is -0.126. The second-order valence-electron chi connectivity index (χ2n) is 10.5. The van der Waals surface area contributed by atoms with E-state index in [1.54, 1.807) is 31.2 Å². The van der Waals surface area contributed by atoms with Crippen molar-refractivity contribution in [2.45, 2.75) is 56.7 Å². The number of amides is 3. The van der Waals surface area contributed by atoms with Crippen LogP contribution in [0.15, 0.2) is 54.7 Å². The van der Waals surface area contributed by atoms with Gasteiger partial charge in [-0.1, -0.05) is 24.3 Å². The molecule has 1 saturated carbocycles. The first-order chi connectivity index (χ1) is 20.4. The number of alkyl halides is 2. The molecular weight excluding hydrogens is 573 g/mol. The fourth-order valence-electron chi connectivity index (χ4n) is 5.45. The third kappa shape index (κ3) is 5.77. The van der Waals surface area contributed by atoms with Crippen LogP contribution in [0, 0.1) is 35.7 Å². The number of aryl methyl sites for hydroxylation is 1. The van der Waals surface area contributed by atoms with Crippen LogP contribution in [0.2, 0.25) is 0 Å². The molecule has 43 heavy (non-hydrogen) atoms. The Hall–Kier alpha value is -4.86. The Bertz CT molecular complexity index is 1630. The van der Waals surface area contributed by atoms with E-state index >= 15 is 4.39 Å². The zero-order chi connectivity index (χ0) is 31.1. The molecule has 1 aromatic heterocycles. The summed E-state index contributed by atoms with van der Waals surface area (Å²) in [6.45, 7) is 1.63. The quantitative estimate of drug-likeness (QED) is 0.392. The van der Waals surface area contributed by atoms with E-state index in [0.717, 1.165) is 34.2 Å². The van der Waals surface area contributed by atoms with E-state index in [1.165, 1.54) is 6.07 Å². The predicted octanol–water partition coefficient (Wildman–Crippen LogP) is 4.86. The summed E-state index contributed by atoms with van der Waals surface area (Å²) in [6.07, 6.45) is -0.597. The van der Waals surface area contributed by atoms with Gasteiger partial charge >= 0.3 is 0 Å². The molecule has 1 aliphatic carbocycles. The number of carbonyl (C=O) groups is 3. The Labute approximate surface area is 242 Å². The van der Waals surface area contributed by atoms with Crippen LogP contribution < -0.4 is 15.1 Å². The third-order valence-electron chi connectivity index (χ3n) is 7.51. The van der Waals surface area contributed by atoms with Crippen molar-refractivity contribution in [1.29, 1.82) is 5.26 Å². The van der Waals surface area contributed by atoms with E-state index in [2.05, 4.69) is 10.3 Å². The van der Waals surface area contributed by atoms with Gasteiger partial charge in [-0.3, -0.25) is 24.2 Å². The summed E-state index contributed by atoms with van der Waals surface area (Å²) >= 11 is 0. The number of pyridine rings is 1. The van der Waals surface area contributed by atoms with Crippen LogP contribution in [0.25, 0.3) is 0 Å². The van der Waals surface area contributed by atoms with Crippen molar-refractivity contribution in [2.75, 3.05) is 9.80 Å².